The van der Waals surface area contributed by atoms with Gasteiger partial charge in [0.1, 0.15) is 116 Å². The number of amides is 2. The number of rotatable bonds is 14. The third kappa shape index (κ3) is 10.8. The molecule has 0 aliphatic carbocycles. The van der Waals surface area contributed by atoms with Gasteiger partial charge in [0.05, 0.1) is 32.5 Å². The molecule has 5 heterocycles. The summed E-state index contributed by atoms with van der Waals surface area (Å²) in [6, 6.07) is -3.32. The molecule has 0 aromatic heterocycles. The van der Waals surface area contributed by atoms with Crippen LogP contribution in [0.25, 0.3) is 0 Å². The van der Waals surface area contributed by atoms with Crippen molar-refractivity contribution in [3.8, 4) is 0 Å². The summed E-state index contributed by atoms with van der Waals surface area (Å²) in [6.07, 6.45) is -41.8. The van der Waals surface area contributed by atoms with Crippen LogP contribution >= 0.6 is 0 Å². The molecule has 0 spiro atoms. The number of nitrogens with one attached hydrogen (secondary N) is 2. The highest BCUT2D eigenvalue weighted by atomic mass is 16.8. The second-order valence-corrected chi connectivity index (χ2v) is 15.4. The van der Waals surface area contributed by atoms with Crippen LogP contribution in [0.3, 0.4) is 0 Å². The van der Waals surface area contributed by atoms with E-state index in [1.807, 2.05) is 0 Å². The molecule has 5 rings (SSSR count). The highest BCUT2D eigenvalue weighted by Crippen LogP contribution is 2.37. The van der Waals surface area contributed by atoms with E-state index in [0.717, 1.165) is 13.8 Å². The van der Waals surface area contributed by atoms with E-state index in [9.17, 15) is 81.1 Å². The first-order valence-corrected chi connectivity index (χ1v) is 19.5. The average molecular weight is 895 g/mol. The Kier molecular flexibility index (Phi) is 17.5. The predicted molar refractivity (Wildman–Crippen MR) is 188 cm³/mol. The van der Waals surface area contributed by atoms with Crippen LogP contribution in [0.2, 0.25) is 0 Å². The zero-order valence-corrected chi connectivity index (χ0v) is 33.0. The van der Waals surface area contributed by atoms with Crippen molar-refractivity contribution in [3.05, 3.63) is 0 Å². The van der Waals surface area contributed by atoms with E-state index in [0.29, 0.717) is 0 Å². The van der Waals surface area contributed by atoms with Crippen LogP contribution in [0.1, 0.15) is 20.8 Å². The van der Waals surface area contributed by atoms with E-state index in [4.69, 9.17) is 42.6 Å². The van der Waals surface area contributed by atoms with Crippen LogP contribution in [-0.2, 0) is 52.2 Å². The Morgan fingerprint density at radius 1 is 0.426 bits per heavy atom. The maximum atomic E-state index is 12.4. The Morgan fingerprint density at radius 2 is 0.869 bits per heavy atom. The summed E-state index contributed by atoms with van der Waals surface area (Å²) in [5.41, 5.74) is 0. The summed E-state index contributed by atoms with van der Waals surface area (Å²) in [5.74, 6) is -1.56. The quantitative estimate of drug-likeness (QED) is 0.0770. The maximum Gasteiger partial charge on any atom is 0.217 e. The van der Waals surface area contributed by atoms with Crippen LogP contribution in [-0.4, -0.2) is 263 Å². The molecule has 61 heavy (non-hydrogen) atoms. The van der Waals surface area contributed by atoms with Gasteiger partial charge in [0, 0.05) is 13.8 Å². The van der Waals surface area contributed by atoms with E-state index in [1.165, 1.54) is 6.92 Å². The van der Waals surface area contributed by atoms with Crippen LogP contribution in [0, 0.1) is 0 Å². The molecule has 354 valence electrons. The summed E-state index contributed by atoms with van der Waals surface area (Å²) in [4.78, 5) is 24.6. The number of aliphatic hydroxyl groups is 14. The Labute approximate surface area is 346 Å². The van der Waals surface area contributed by atoms with Gasteiger partial charge in [0.2, 0.25) is 11.8 Å². The summed E-state index contributed by atoms with van der Waals surface area (Å²) in [5, 5.41) is 153. The first kappa shape index (κ1) is 50.0. The van der Waals surface area contributed by atoms with Crippen molar-refractivity contribution in [1.82, 2.24) is 10.6 Å². The largest absolute Gasteiger partial charge is 0.394 e. The van der Waals surface area contributed by atoms with Crippen LogP contribution in [0.15, 0.2) is 0 Å². The van der Waals surface area contributed by atoms with Gasteiger partial charge >= 0.3 is 0 Å². The van der Waals surface area contributed by atoms with E-state index >= 15 is 0 Å². The van der Waals surface area contributed by atoms with Gasteiger partial charge in [-0.1, -0.05) is 0 Å². The van der Waals surface area contributed by atoms with Crippen LogP contribution in [0.5, 0.6) is 0 Å². The second kappa shape index (κ2) is 21.3. The number of aliphatic hydroxyl groups excluding tert-OH is 14. The van der Waals surface area contributed by atoms with Crippen molar-refractivity contribution in [2.75, 3.05) is 26.4 Å². The standard InChI is InChI=1S/C34H58N2O25/c1-8-17(43)23(49)24(50)33(53-8)61-29-28(60-31-15(35-9(2)41)21(47)18(44)11(4-37)55-31)20(46)13(6-39)56-34(29)58-26-14(7-40)57-32(16(22(26)48)36-10(3)42)59-27-19(45)12(5-38)54-30(52)25(27)51/h8,11-34,37-40,43-52H,4-7H2,1-3H3,(H,35,41)(H,36,42)/t8-,11+,12+,13+,14+,15+,16+,17+,18-,19-,20-,21+,22+,23+,24-,25+,26+,27-,28-,29+,30+,31+,32-,33-,34-/m0/s1. The van der Waals surface area contributed by atoms with Gasteiger partial charge < -0.3 is 125 Å². The van der Waals surface area contributed by atoms with Crippen molar-refractivity contribution >= 4 is 11.8 Å². The first-order valence-electron chi connectivity index (χ1n) is 19.5. The number of hydrogen-bond acceptors (Lipinski definition) is 25. The predicted octanol–water partition coefficient (Wildman–Crippen LogP) is -10.6. The summed E-state index contributed by atoms with van der Waals surface area (Å²) in [7, 11) is 0. The monoisotopic (exact) mass is 894 g/mol. The molecule has 27 nitrogen and oxygen atoms in total. The molecule has 0 aromatic rings. The average Bonchev–Trinajstić information content (AvgIpc) is 3.22. The third-order valence-corrected chi connectivity index (χ3v) is 11.1. The lowest BCUT2D eigenvalue weighted by Crippen LogP contribution is -2.71. The van der Waals surface area contributed by atoms with Gasteiger partial charge in [0.15, 0.2) is 31.5 Å². The SMILES string of the molecule is CC(=O)N[C@H]1[C@H](O[C@@H]2[C@@H](O)[C@H](O)O[C@H](CO)[C@@H]2O)O[C@H](CO)[C@@H](O[C@@H]2O[C@H](CO)[C@H](O)[C@H](O[C@H]3O[C@H](CO)[C@H](O)[C@H](O)[C@H]3NC(C)=O)[C@H]2O[C@@H]2O[C@@H](C)[C@@H](O)[C@@H](O)[C@@H]2O)[C@@H]1O. The Balaban J connectivity index is 1.52. The highest BCUT2D eigenvalue weighted by molar-refractivity contribution is 5.73. The molecule has 27 heteroatoms. The molecule has 5 saturated heterocycles. The molecular formula is C34H58N2O25. The molecule has 0 unspecified atom stereocenters. The van der Waals surface area contributed by atoms with E-state index < -0.39 is 192 Å². The summed E-state index contributed by atoms with van der Waals surface area (Å²) < 4.78 is 52.0. The van der Waals surface area contributed by atoms with Crippen LogP contribution < -0.4 is 10.6 Å². The minimum atomic E-state index is -2.04. The minimum Gasteiger partial charge on any atom is -0.394 e. The molecule has 5 aliphatic rings. The van der Waals surface area contributed by atoms with Gasteiger partial charge in [0.25, 0.3) is 0 Å². The molecule has 5 fully saturated rings. The second-order valence-electron chi connectivity index (χ2n) is 15.4. The number of hydrogen-bond donors (Lipinski definition) is 16. The van der Waals surface area contributed by atoms with E-state index in [-0.39, 0.29) is 0 Å². The maximum absolute atomic E-state index is 12.4. The van der Waals surface area contributed by atoms with Gasteiger partial charge in [-0.25, -0.2) is 0 Å². The van der Waals surface area contributed by atoms with Crippen molar-refractivity contribution in [1.29, 1.82) is 0 Å². The van der Waals surface area contributed by atoms with E-state index in [1.54, 1.807) is 0 Å². The number of carbonyl (C=O) groups is 2. The molecule has 25 atom stereocenters. The zero-order chi connectivity index (χ0) is 45.2. The molecule has 0 saturated carbocycles. The lowest BCUT2D eigenvalue weighted by atomic mass is 9.94. The highest BCUT2D eigenvalue weighted by Gasteiger charge is 2.58. The van der Waals surface area contributed by atoms with E-state index in [2.05, 4.69) is 10.6 Å². The first-order chi connectivity index (χ1) is 28.8. The molecule has 0 radical (unpaired) electrons. The van der Waals surface area contributed by atoms with Crippen LogP contribution in [0.4, 0.5) is 0 Å². The normalized spacial score (nSPS) is 49.6. The number of ether oxygens (including phenoxy) is 9. The molecular weight excluding hydrogens is 836 g/mol. The topological polar surface area (TPSA) is 424 Å². The van der Waals surface area contributed by atoms with Crippen molar-refractivity contribution in [3.63, 3.8) is 0 Å². The van der Waals surface area contributed by atoms with Crippen molar-refractivity contribution in [2.24, 2.45) is 0 Å². The molecule has 0 aromatic carbocycles. The smallest absolute Gasteiger partial charge is 0.217 e. The zero-order valence-electron chi connectivity index (χ0n) is 33.0. The van der Waals surface area contributed by atoms with Gasteiger partial charge in [-0.3, -0.25) is 9.59 Å². The van der Waals surface area contributed by atoms with Crippen molar-refractivity contribution in [2.45, 2.75) is 174 Å². The summed E-state index contributed by atoms with van der Waals surface area (Å²) in [6.45, 7) is -0.327. The minimum absolute atomic E-state index is 0.756. The molecule has 5 aliphatic heterocycles. The van der Waals surface area contributed by atoms with Gasteiger partial charge in [-0.15, -0.1) is 0 Å². The van der Waals surface area contributed by atoms with Crippen molar-refractivity contribution < 1.29 is 124 Å². The molecule has 2 amide bonds. The van der Waals surface area contributed by atoms with Gasteiger partial charge in [-0.2, -0.15) is 0 Å². The Bertz CT molecular complexity index is 1420. The van der Waals surface area contributed by atoms with Gasteiger partial charge in [-0.05, 0) is 6.92 Å². The fraction of sp³-hybridized carbons (Fsp3) is 0.941. The molecule has 16 N–H and O–H groups in total. The fourth-order valence-electron chi connectivity index (χ4n) is 7.75. The fourth-order valence-corrected chi connectivity index (χ4v) is 7.75. The third-order valence-electron chi connectivity index (χ3n) is 11.1. The lowest BCUT2D eigenvalue weighted by molar-refractivity contribution is -0.401. The summed E-state index contributed by atoms with van der Waals surface area (Å²) >= 11 is 0. The Hall–Kier alpha value is -1.98. The number of carbonyl (C=O) groups excluding carboxylic acids is 2. The lowest BCUT2D eigenvalue weighted by Gasteiger charge is -2.51. The molecule has 0 bridgehead atoms. The Morgan fingerprint density at radius 3 is 1.43 bits per heavy atom.